The lowest BCUT2D eigenvalue weighted by molar-refractivity contribution is -0.0723. The van der Waals surface area contributed by atoms with Crippen LogP contribution in [-0.4, -0.2) is 22.7 Å². The molecule has 3 nitrogen and oxygen atoms in total. The highest BCUT2D eigenvalue weighted by atomic mass is 35.5. The summed E-state index contributed by atoms with van der Waals surface area (Å²) in [5, 5.41) is 17.9. The van der Waals surface area contributed by atoms with Crippen molar-refractivity contribution in [2.24, 2.45) is 5.73 Å². The Morgan fingerprint density at radius 2 is 1.94 bits per heavy atom. The van der Waals surface area contributed by atoms with E-state index >= 15 is 0 Å². The number of phenols is 1. The predicted octanol–water partition coefficient (Wildman–Crippen LogP) is 1.89. The number of hydrogen-bond acceptors (Lipinski definition) is 3. The van der Waals surface area contributed by atoms with Crippen LogP contribution in [0.3, 0.4) is 0 Å². The van der Waals surface area contributed by atoms with Gasteiger partial charge in [0.1, 0.15) is 24.2 Å². The second-order valence-corrected chi connectivity index (χ2v) is 3.52. The molecule has 0 radical (unpaired) electrons. The average molecular weight is 272 g/mol. The van der Waals surface area contributed by atoms with Gasteiger partial charge < -0.3 is 15.9 Å². The average Bonchev–Trinajstić information content (AvgIpc) is 2.24. The smallest absolute Gasteiger partial charge is 0.289 e. The largest absolute Gasteiger partial charge is 0.507 e. The van der Waals surface area contributed by atoms with E-state index in [1.165, 1.54) is 13.0 Å². The zero-order chi connectivity index (χ0) is 12.5. The summed E-state index contributed by atoms with van der Waals surface area (Å²) in [5.74, 6) is -5.32. The second kappa shape index (κ2) is 5.57. The van der Waals surface area contributed by atoms with Crippen LogP contribution < -0.4 is 5.73 Å². The van der Waals surface area contributed by atoms with Crippen LogP contribution in [0.2, 0.25) is 0 Å². The number of aromatic hydroxyl groups is 1. The van der Waals surface area contributed by atoms with Crippen molar-refractivity contribution < 1.29 is 23.4 Å². The number of aliphatic hydroxyl groups is 1. The minimum absolute atomic E-state index is 0. The van der Waals surface area contributed by atoms with E-state index in [2.05, 4.69) is 0 Å². The summed E-state index contributed by atoms with van der Waals surface area (Å²) >= 11 is 0. The molecule has 4 N–H and O–H groups in total. The summed E-state index contributed by atoms with van der Waals surface area (Å²) in [7, 11) is 0. The normalized spacial score (nSPS) is 13.1. The molecule has 0 spiro atoms. The molecule has 7 heteroatoms. The minimum atomic E-state index is -3.69. The predicted molar refractivity (Wildman–Crippen MR) is 59.0 cm³/mol. The Labute approximate surface area is 102 Å². The first-order valence-electron chi connectivity index (χ1n) is 4.53. The number of aliphatic hydroxyl groups excluding tert-OH is 1. The number of halogens is 4. The van der Waals surface area contributed by atoms with Crippen molar-refractivity contribution in [1.29, 1.82) is 0 Å². The highest BCUT2D eigenvalue weighted by Crippen LogP contribution is 2.36. The lowest BCUT2D eigenvalue weighted by Gasteiger charge is -2.23. The zero-order valence-corrected chi connectivity index (χ0v) is 9.77. The third kappa shape index (κ3) is 3.02. The van der Waals surface area contributed by atoms with Gasteiger partial charge in [0.05, 0.1) is 5.56 Å². The summed E-state index contributed by atoms with van der Waals surface area (Å²) in [6.07, 6.45) is 0. The quantitative estimate of drug-likeness (QED) is 0.786. The molecular formula is C10H13ClF3NO2. The monoisotopic (exact) mass is 271 g/mol. The Morgan fingerprint density at radius 1 is 1.41 bits per heavy atom. The van der Waals surface area contributed by atoms with Gasteiger partial charge in [-0.1, -0.05) is 6.07 Å². The van der Waals surface area contributed by atoms with E-state index < -0.39 is 35.7 Å². The van der Waals surface area contributed by atoms with Crippen molar-refractivity contribution in [3.63, 3.8) is 0 Å². The van der Waals surface area contributed by atoms with E-state index in [1.54, 1.807) is 0 Å². The van der Waals surface area contributed by atoms with Crippen molar-refractivity contribution in [2.45, 2.75) is 18.9 Å². The molecule has 0 aliphatic rings. The summed E-state index contributed by atoms with van der Waals surface area (Å²) in [4.78, 5) is 0. The molecule has 0 aliphatic heterocycles. The maximum Gasteiger partial charge on any atom is 0.289 e. The summed E-state index contributed by atoms with van der Waals surface area (Å²) < 4.78 is 39.4. The molecule has 1 aromatic rings. The Bertz CT molecular complexity index is 401. The first kappa shape index (κ1) is 16.0. The van der Waals surface area contributed by atoms with Crippen LogP contribution in [0.5, 0.6) is 5.75 Å². The molecule has 17 heavy (non-hydrogen) atoms. The van der Waals surface area contributed by atoms with Gasteiger partial charge >= 0.3 is 0 Å². The molecule has 0 bridgehead atoms. The molecule has 0 amide bonds. The molecule has 0 fully saturated rings. The number of hydrogen-bond donors (Lipinski definition) is 3. The van der Waals surface area contributed by atoms with Crippen molar-refractivity contribution in [3.8, 4) is 5.75 Å². The summed E-state index contributed by atoms with van der Waals surface area (Å²) in [6.45, 7) is -0.0803. The molecule has 0 saturated carbocycles. The third-order valence-corrected chi connectivity index (χ3v) is 2.34. The van der Waals surface area contributed by atoms with E-state index in [9.17, 15) is 18.3 Å². The SMILES string of the molecule is Cc1ccc(F)c([C@H](N)C(F)(F)CO)c1O.Cl. The van der Waals surface area contributed by atoms with E-state index in [0.29, 0.717) is 0 Å². The van der Waals surface area contributed by atoms with Crippen molar-refractivity contribution in [1.82, 2.24) is 0 Å². The summed E-state index contributed by atoms with van der Waals surface area (Å²) in [6, 6.07) is 0.104. The first-order valence-corrected chi connectivity index (χ1v) is 4.53. The van der Waals surface area contributed by atoms with Crippen LogP contribution in [0.4, 0.5) is 13.2 Å². The molecule has 1 aromatic carbocycles. The van der Waals surface area contributed by atoms with Gasteiger partial charge in [0, 0.05) is 0 Å². The zero-order valence-electron chi connectivity index (χ0n) is 8.95. The van der Waals surface area contributed by atoms with Crippen LogP contribution in [0.25, 0.3) is 0 Å². The maximum absolute atomic E-state index is 13.3. The Morgan fingerprint density at radius 3 is 2.41 bits per heavy atom. The number of aryl methyl sites for hydroxylation is 1. The van der Waals surface area contributed by atoms with Gasteiger partial charge in [-0.3, -0.25) is 0 Å². The number of nitrogens with two attached hydrogens (primary N) is 1. The van der Waals surface area contributed by atoms with Crippen LogP contribution >= 0.6 is 12.4 Å². The van der Waals surface area contributed by atoms with E-state index in [-0.39, 0.29) is 18.0 Å². The Balaban J connectivity index is 0.00000256. The van der Waals surface area contributed by atoms with Crippen LogP contribution in [0, 0.1) is 12.7 Å². The molecule has 0 aromatic heterocycles. The molecule has 0 heterocycles. The number of rotatable bonds is 3. The van der Waals surface area contributed by atoms with Crippen molar-refractivity contribution in [2.75, 3.05) is 6.61 Å². The van der Waals surface area contributed by atoms with Crippen molar-refractivity contribution in [3.05, 3.63) is 29.1 Å². The van der Waals surface area contributed by atoms with Crippen LogP contribution in [0.15, 0.2) is 12.1 Å². The Hall–Kier alpha value is -0.980. The van der Waals surface area contributed by atoms with Crippen LogP contribution in [0.1, 0.15) is 17.2 Å². The number of phenolic OH excluding ortho intramolecular Hbond substituents is 1. The lowest BCUT2D eigenvalue weighted by Crippen LogP contribution is -2.36. The third-order valence-electron chi connectivity index (χ3n) is 2.34. The van der Waals surface area contributed by atoms with Crippen molar-refractivity contribution >= 4 is 12.4 Å². The highest BCUT2D eigenvalue weighted by Gasteiger charge is 2.40. The maximum atomic E-state index is 13.3. The van der Waals surface area contributed by atoms with Gasteiger partial charge in [0.25, 0.3) is 5.92 Å². The molecule has 0 aliphatic carbocycles. The standard InChI is InChI=1S/C10H12F3NO2.ClH/c1-5-2-3-6(11)7(8(5)16)9(14)10(12,13)4-15;/h2-3,9,15-16H,4,14H2,1H3;1H/t9-;/m0./s1. The molecule has 1 rings (SSSR count). The van der Waals surface area contributed by atoms with Crippen LogP contribution in [-0.2, 0) is 0 Å². The van der Waals surface area contributed by atoms with Gasteiger partial charge in [0.15, 0.2) is 0 Å². The highest BCUT2D eigenvalue weighted by molar-refractivity contribution is 5.85. The van der Waals surface area contributed by atoms with E-state index in [4.69, 9.17) is 10.8 Å². The minimum Gasteiger partial charge on any atom is -0.507 e. The van der Waals surface area contributed by atoms with Gasteiger partial charge in [-0.05, 0) is 18.6 Å². The topological polar surface area (TPSA) is 66.5 Å². The Kier molecular flexibility index (Phi) is 5.25. The second-order valence-electron chi connectivity index (χ2n) is 3.52. The molecule has 0 unspecified atom stereocenters. The fraction of sp³-hybridized carbons (Fsp3) is 0.400. The molecular weight excluding hydrogens is 259 g/mol. The lowest BCUT2D eigenvalue weighted by atomic mass is 9.98. The number of benzene rings is 1. The van der Waals surface area contributed by atoms with E-state index in [1.807, 2.05) is 0 Å². The van der Waals surface area contributed by atoms with Gasteiger partial charge in [0.2, 0.25) is 0 Å². The molecule has 0 saturated heterocycles. The fourth-order valence-electron chi connectivity index (χ4n) is 1.30. The van der Waals surface area contributed by atoms with Gasteiger partial charge in [-0.25, -0.2) is 13.2 Å². The van der Waals surface area contributed by atoms with Gasteiger partial charge in [-0.2, -0.15) is 0 Å². The number of alkyl halides is 2. The first-order chi connectivity index (χ1) is 7.31. The molecule has 1 atom stereocenters. The summed E-state index contributed by atoms with van der Waals surface area (Å²) in [5.41, 5.74) is 4.70. The van der Waals surface area contributed by atoms with E-state index in [0.717, 1.165) is 6.07 Å². The van der Waals surface area contributed by atoms with Gasteiger partial charge in [-0.15, -0.1) is 12.4 Å². The fourth-order valence-corrected chi connectivity index (χ4v) is 1.30. The molecule has 98 valence electrons.